The molecule has 1 aliphatic rings. The fraction of sp³-hybridized carbons (Fsp3) is 0.556. The van der Waals surface area contributed by atoms with E-state index in [1.165, 1.54) is 0 Å². The first kappa shape index (κ1) is 18.3. The maximum Gasteiger partial charge on any atom is 0.303 e. The zero-order valence-corrected chi connectivity index (χ0v) is 13.7. The highest BCUT2D eigenvalue weighted by molar-refractivity contribution is 5.90. The van der Waals surface area contributed by atoms with Crippen LogP contribution in [0.5, 0.6) is 5.75 Å². The smallest absolute Gasteiger partial charge is 0.303 e. The van der Waals surface area contributed by atoms with E-state index in [0.29, 0.717) is 30.7 Å². The predicted octanol–water partition coefficient (Wildman–Crippen LogP) is 2.95. The molecule has 1 aliphatic carbocycles. The van der Waals surface area contributed by atoms with Crippen molar-refractivity contribution >= 4 is 17.6 Å². The Hall–Kier alpha value is -2.08. The standard InChI is InChI=1S/C18H25NO5/c20-15-5-1-2-6-16(15)24-14-11-9-13(10-12-14)19-17(21)7-3-4-8-18(22)23/h9-12,15-16,20H,1-8H2,(H,19,21)(H,22,23). The van der Waals surface area contributed by atoms with Crippen molar-refractivity contribution in [3.8, 4) is 5.75 Å². The number of amides is 1. The molecule has 1 amide bonds. The predicted molar refractivity (Wildman–Crippen MR) is 90.1 cm³/mol. The molecule has 1 fully saturated rings. The minimum absolute atomic E-state index is 0.0896. The van der Waals surface area contributed by atoms with Crippen molar-refractivity contribution in [1.82, 2.24) is 0 Å². The van der Waals surface area contributed by atoms with Crippen LogP contribution in [0.15, 0.2) is 24.3 Å². The SMILES string of the molecule is O=C(O)CCCCC(=O)Nc1ccc(OC2CCCCC2O)cc1. The summed E-state index contributed by atoms with van der Waals surface area (Å²) >= 11 is 0. The number of hydrogen-bond donors (Lipinski definition) is 3. The molecule has 2 atom stereocenters. The molecule has 2 unspecified atom stereocenters. The summed E-state index contributed by atoms with van der Waals surface area (Å²) in [4.78, 5) is 22.2. The molecule has 3 N–H and O–H groups in total. The Bertz CT molecular complexity index is 543. The maximum absolute atomic E-state index is 11.8. The Morgan fingerprint density at radius 2 is 1.75 bits per heavy atom. The third kappa shape index (κ3) is 6.20. The first-order valence-corrected chi connectivity index (χ1v) is 8.51. The van der Waals surface area contributed by atoms with Crippen LogP contribution in [0.2, 0.25) is 0 Å². The zero-order chi connectivity index (χ0) is 17.4. The molecule has 0 saturated heterocycles. The average Bonchev–Trinajstić information content (AvgIpc) is 2.55. The van der Waals surface area contributed by atoms with Crippen LogP contribution in [-0.4, -0.2) is 34.3 Å². The van der Waals surface area contributed by atoms with Crippen molar-refractivity contribution in [2.45, 2.75) is 63.6 Å². The first-order chi connectivity index (χ1) is 11.5. The van der Waals surface area contributed by atoms with Crippen LogP contribution in [0.4, 0.5) is 5.69 Å². The number of aliphatic hydroxyl groups is 1. The highest BCUT2D eigenvalue weighted by atomic mass is 16.5. The lowest BCUT2D eigenvalue weighted by Crippen LogP contribution is -2.34. The molecule has 1 aromatic carbocycles. The van der Waals surface area contributed by atoms with Crippen molar-refractivity contribution in [2.24, 2.45) is 0 Å². The lowest BCUT2D eigenvalue weighted by molar-refractivity contribution is -0.137. The van der Waals surface area contributed by atoms with Crippen LogP contribution in [-0.2, 0) is 9.59 Å². The summed E-state index contributed by atoms with van der Waals surface area (Å²) in [7, 11) is 0. The number of hydrogen-bond acceptors (Lipinski definition) is 4. The second-order valence-electron chi connectivity index (χ2n) is 6.18. The van der Waals surface area contributed by atoms with Gasteiger partial charge in [0.25, 0.3) is 0 Å². The number of carboxylic acids is 1. The Labute approximate surface area is 141 Å². The molecule has 2 rings (SSSR count). The van der Waals surface area contributed by atoms with E-state index in [4.69, 9.17) is 9.84 Å². The number of unbranched alkanes of at least 4 members (excludes halogenated alkanes) is 1. The van der Waals surface area contributed by atoms with Gasteiger partial charge in [-0.3, -0.25) is 9.59 Å². The van der Waals surface area contributed by atoms with Gasteiger partial charge in [-0.15, -0.1) is 0 Å². The van der Waals surface area contributed by atoms with Gasteiger partial charge in [-0.2, -0.15) is 0 Å². The number of nitrogens with one attached hydrogen (secondary N) is 1. The van der Waals surface area contributed by atoms with Gasteiger partial charge in [-0.05, 0) is 56.4 Å². The number of benzene rings is 1. The van der Waals surface area contributed by atoms with Crippen molar-refractivity contribution < 1.29 is 24.5 Å². The number of aliphatic hydroxyl groups excluding tert-OH is 1. The number of ether oxygens (including phenoxy) is 1. The normalized spacial score (nSPS) is 20.4. The lowest BCUT2D eigenvalue weighted by atomic mass is 9.95. The molecule has 0 aromatic heterocycles. The highest BCUT2D eigenvalue weighted by Gasteiger charge is 2.24. The molecule has 0 spiro atoms. The number of anilines is 1. The quantitative estimate of drug-likeness (QED) is 0.635. The second-order valence-corrected chi connectivity index (χ2v) is 6.18. The van der Waals surface area contributed by atoms with E-state index in [2.05, 4.69) is 5.32 Å². The summed E-state index contributed by atoms with van der Waals surface area (Å²) in [6.45, 7) is 0. The van der Waals surface area contributed by atoms with Crippen molar-refractivity contribution in [1.29, 1.82) is 0 Å². The summed E-state index contributed by atoms with van der Waals surface area (Å²) in [5, 5.41) is 21.2. The number of carboxylic acid groups (broad SMARTS) is 1. The van der Waals surface area contributed by atoms with Crippen LogP contribution in [0.25, 0.3) is 0 Å². The maximum atomic E-state index is 11.8. The molecule has 6 heteroatoms. The largest absolute Gasteiger partial charge is 0.488 e. The van der Waals surface area contributed by atoms with Gasteiger partial charge in [0.1, 0.15) is 11.9 Å². The second kappa shape index (κ2) is 9.27. The van der Waals surface area contributed by atoms with Gasteiger partial charge in [-0.1, -0.05) is 6.42 Å². The van der Waals surface area contributed by atoms with Gasteiger partial charge < -0.3 is 20.3 Å². The number of carbonyl (C=O) groups is 2. The molecular formula is C18H25NO5. The number of carbonyl (C=O) groups excluding carboxylic acids is 1. The molecular weight excluding hydrogens is 310 g/mol. The van der Waals surface area contributed by atoms with Crippen LogP contribution < -0.4 is 10.1 Å². The summed E-state index contributed by atoms with van der Waals surface area (Å²) < 4.78 is 5.81. The number of rotatable bonds is 8. The monoisotopic (exact) mass is 335 g/mol. The van der Waals surface area contributed by atoms with Gasteiger partial charge >= 0.3 is 5.97 Å². The summed E-state index contributed by atoms with van der Waals surface area (Å²) in [6, 6.07) is 7.09. The average molecular weight is 335 g/mol. The van der Waals surface area contributed by atoms with Crippen LogP contribution in [0, 0.1) is 0 Å². The van der Waals surface area contributed by atoms with Crippen molar-refractivity contribution in [2.75, 3.05) is 5.32 Å². The van der Waals surface area contributed by atoms with E-state index >= 15 is 0 Å². The van der Waals surface area contributed by atoms with Crippen molar-refractivity contribution in [3.05, 3.63) is 24.3 Å². The van der Waals surface area contributed by atoms with Crippen LogP contribution in [0.3, 0.4) is 0 Å². The Balaban J connectivity index is 1.75. The van der Waals surface area contributed by atoms with Gasteiger partial charge in [0.2, 0.25) is 5.91 Å². The Kier molecular flexibility index (Phi) is 7.06. The van der Waals surface area contributed by atoms with E-state index < -0.39 is 12.1 Å². The fourth-order valence-corrected chi connectivity index (χ4v) is 2.79. The number of aliphatic carboxylic acids is 1. The Morgan fingerprint density at radius 3 is 2.42 bits per heavy atom. The van der Waals surface area contributed by atoms with Crippen LogP contribution in [0.1, 0.15) is 51.4 Å². The van der Waals surface area contributed by atoms with E-state index in [-0.39, 0.29) is 18.4 Å². The Morgan fingerprint density at radius 1 is 1.08 bits per heavy atom. The molecule has 1 saturated carbocycles. The minimum Gasteiger partial charge on any atom is -0.488 e. The zero-order valence-electron chi connectivity index (χ0n) is 13.7. The van der Waals surface area contributed by atoms with E-state index in [9.17, 15) is 14.7 Å². The molecule has 0 heterocycles. The molecule has 0 bridgehead atoms. The third-order valence-electron chi connectivity index (χ3n) is 4.14. The topological polar surface area (TPSA) is 95.9 Å². The fourth-order valence-electron chi connectivity index (χ4n) is 2.79. The van der Waals surface area contributed by atoms with Crippen LogP contribution >= 0.6 is 0 Å². The first-order valence-electron chi connectivity index (χ1n) is 8.51. The molecule has 0 radical (unpaired) electrons. The van der Waals surface area contributed by atoms with Gasteiger partial charge in [0.15, 0.2) is 0 Å². The van der Waals surface area contributed by atoms with E-state index in [1.807, 2.05) is 0 Å². The molecule has 132 valence electrons. The lowest BCUT2D eigenvalue weighted by Gasteiger charge is -2.28. The van der Waals surface area contributed by atoms with Crippen molar-refractivity contribution in [3.63, 3.8) is 0 Å². The van der Waals surface area contributed by atoms with Gasteiger partial charge in [0, 0.05) is 18.5 Å². The van der Waals surface area contributed by atoms with E-state index in [1.54, 1.807) is 24.3 Å². The summed E-state index contributed by atoms with van der Waals surface area (Å²) in [5.74, 6) is -0.286. The molecule has 1 aromatic rings. The third-order valence-corrected chi connectivity index (χ3v) is 4.14. The molecule has 0 aliphatic heterocycles. The molecule has 6 nitrogen and oxygen atoms in total. The summed E-state index contributed by atoms with van der Waals surface area (Å²) in [6.07, 6.45) is 4.62. The van der Waals surface area contributed by atoms with Gasteiger partial charge in [-0.25, -0.2) is 0 Å². The van der Waals surface area contributed by atoms with Gasteiger partial charge in [0.05, 0.1) is 6.10 Å². The van der Waals surface area contributed by atoms with E-state index in [0.717, 1.165) is 25.7 Å². The summed E-state index contributed by atoms with van der Waals surface area (Å²) in [5.41, 5.74) is 0.676. The molecule has 24 heavy (non-hydrogen) atoms. The highest BCUT2D eigenvalue weighted by Crippen LogP contribution is 2.25. The minimum atomic E-state index is -0.839.